The molecule has 0 spiro atoms. The first-order chi connectivity index (χ1) is 8.41. The van der Waals surface area contributed by atoms with Gasteiger partial charge in [-0.2, -0.15) is 0 Å². The van der Waals surface area contributed by atoms with Gasteiger partial charge in [-0.3, -0.25) is 0 Å². The molecule has 0 radical (unpaired) electrons. The van der Waals surface area contributed by atoms with E-state index in [9.17, 15) is 8.78 Å². The van der Waals surface area contributed by atoms with Crippen LogP contribution in [0.3, 0.4) is 0 Å². The first-order valence-corrected chi connectivity index (χ1v) is 6.50. The predicted molar refractivity (Wildman–Crippen MR) is 70.9 cm³/mol. The van der Waals surface area contributed by atoms with Gasteiger partial charge in [0.1, 0.15) is 0 Å². The van der Waals surface area contributed by atoms with Crippen LogP contribution in [0.15, 0.2) is 18.2 Å². The topological polar surface area (TPSA) is 26.0 Å². The standard InChI is InChI=1S/C14H15F2NS/c1-7-4-5-10(13(16)12(7)15)14(17)11-6-8(2)9(3)18-11/h4-6,14H,17H2,1-3H3. The van der Waals surface area contributed by atoms with E-state index in [1.807, 2.05) is 19.9 Å². The SMILES string of the molecule is Cc1cc(C(N)c2ccc(C)c(F)c2F)sc1C. The van der Waals surface area contributed by atoms with Crippen LogP contribution >= 0.6 is 11.3 Å². The minimum absolute atomic E-state index is 0.208. The third-order valence-corrected chi connectivity index (χ3v) is 4.37. The number of hydrogen-bond donors (Lipinski definition) is 1. The van der Waals surface area contributed by atoms with Gasteiger partial charge in [-0.05, 0) is 38.0 Å². The summed E-state index contributed by atoms with van der Waals surface area (Å²) in [6, 6.07) is 4.43. The van der Waals surface area contributed by atoms with Crippen molar-refractivity contribution in [1.29, 1.82) is 0 Å². The predicted octanol–water partition coefficient (Wildman–Crippen LogP) is 4.00. The van der Waals surface area contributed by atoms with Crippen LogP contribution < -0.4 is 5.73 Å². The third kappa shape index (κ3) is 2.18. The maximum atomic E-state index is 13.9. The van der Waals surface area contributed by atoms with E-state index >= 15 is 0 Å². The quantitative estimate of drug-likeness (QED) is 0.874. The average Bonchev–Trinajstić information content (AvgIpc) is 2.66. The van der Waals surface area contributed by atoms with Crippen LogP contribution in [0.1, 0.15) is 32.5 Å². The number of rotatable bonds is 2. The van der Waals surface area contributed by atoms with Crippen molar-refractivity contribution in [2.45, 2.75) is 26.8 Å². The molecule has 1 heterocycles. The molecule has 18 heavy (non-hydrogen) atoms. The third-order valence-electron chi connectivity index (χ3n) is 3.13. The zero-order valence-corrected chi connectivity index (χ0v) is 11.4. The number of benzene rings is 1. The van der Waals surface area contributed by atoms with Gasteiger partial charge in [0.15, 0.2) is 11.6 Å². The molecule has 4 heteroatoms. The molecule has 0 aliphatic rings. The Kier molecular flexibility index (Phi) is 3.50. The maximum absolute atomic E-state index is 13.9. The second kappa shape index (κ2) is 4.78. The summed E-state index contributed by atoms with van der Waals surface area (Å²) in [5.41, 5.74) is 7.65. The van der Waals surface area contributed by atoms with Crippen molar-refractivity contribution in [3.05, 3.63) is 56.3 Å². The molecule has 0 fully saturated rings. The average molecular weight is 267 g/mol. The van der Waals surface area contributed by atoms with Gasteiger partial charge in [0.25, 0.3) is 0 Å². The number of aryl methyl sites for hydroxylation is 3. The summed E-state index contributed by atoms with van der Waals surface area (Å²) in [6.07, 6.45) is 0. The molecule has 1 unspecified atom stereocenters. The van der Waals surface area contributed by atoms with Crippen molar-refractivity contribution in [1.82, 2.24) is 0 Å². The minimum Gasteiger partial charge on any atom is -0.320 e. The van der Waals surface area contributed by atoms with Gasteiger partial charge in [-0.25, -0.2) is 8.78 Å². The van der Waals surface area contributed by atoms with Crippen LogP contribution in [0.2, 0.25) is 0 Å². The summed E-state index contributed by atoms with van der Waals surface area (Å²) in [5, 5.41) is 0. The van der Waals surface area contributed by atoms with E-state index in [2.05, 4.69) is 0 Å². The number of thiophene rings is 1. The van der Waals surface area contributed by atoms with Crippen molar-refractivity contribution >= 4 is 11.3 Å². The molecule has 1 aromatic heterocycles. The van der Waals surface area contributed by atoms with Crippen molar-refractivity contribution < 1.29 is 8.78 Å². The molecular formula is C14H15F2NS. The zero-order chi connectivity index (χ0) is 13.4. The molecule has 1 aromatic carbocycles. The van der Waals surface area contributed by atoms with E-state index in [1.54, 1.807) is 12.1 Å². The van der Waals surface area contributed by atoms with Crippen molar-refractivity contribution in [2.75, 3.05) is 0 Å². The number of nitrogens with two attached hydrogens (primary N) is 1. The monoisotopic (exact) mass is 267 g/mol. The fraction of sp³-hybridized carbons (Fsp3) is 0.286. The molecule has 0 aliphatic heterocycles. The number of hydrogen-bond acceptors (Lipinski definition) is 2. The van der Waals surface area contributed by atoms with E-state index in [1.165, 1.54) is 18.3 Å². The van der Waals surface area contributed by atoms with E-state index in [0.29, 0.717) is 5.56 Å². The molecular weight excluding hydrogens is 252 g/mol. The highest BCUT2D eigenvalue weighted by Gasteiger charge is 2.19. The van der Waals surface area contributed by atoms with E-state index < -0.39 is 17.7 Å². The lowest BCUT2D eigenvalue weighted by Crippen LogP contribution is -2.13. The van der Waals surface area contributed by atoms with Crippen LogP contribution in [-0.2, 0) is 0 Å². The lowest BCUT2D eigenvalue weighted by atomic mass is 10.0. The minimum atomic E-state index is -0.841. The molecule has 1 atom stereocenters. The highest BCUT2D eigenvalue weighted by molar-refractivity contribution is 7.12. The number of halogens is 2. The van der Waals surface area contributed by atoms with Crippen molar-refractivity contribution in [3.63, 3.8) is 0 Å². The van der Waals surface area contributed by atoms with Gasteiger partial charge in [0, 0.05) is 15.3 Å². The van der Waals surface area contributed by atoms with Crippen LogP contribution in [0.5, 0.6) is 0 Å². The molecule has 0 aliphatic carbocycles. The Hall–Kier alpha value is -1.26. The van der Waals surface area contributed by atoms with Crippen LogP contribution in [0, 0.1) is 32.4 Å². The Labute approximate surface area is 109 Å². The summed E-state index contributed by atoms with van der Waals surface area (Å²) in [7, 11) is 0. The molecule has 0 bridgehead atoms. The van der Waals surface area contributed by atoms with Crippen LogP contribution in [-0.4, -0.2) is 0 Å². The van der Waals surface area contributed by atoms with Crippen molar-refractivity contribution in [2.24, 2.45) is 5.73 Å². The Bertz CT molecular complexity index is 570. The van der Waals surface area contributed by atoms with E-state index in [0.717, 1.165) is 15.3 Å². The Morgan fingerprint density at radius 2 is 1.72 bits per heavy atom. The molecule has 2 aromatic rings. The lowest BCUT2D eigenvalue weighted by Gasteiger charge is -2.12. The van der Waals surface area contributed by atoms with Crippen molar-refractivity contribution in [3.8, 4) is 0 Å². The second-order valence-electron chi connectivity index (χ2n) is 4.47. The second-order valence-corrected chi connectivity index (χ2v) is 5.75. The first kappa shape index (κ1) is 13.2. The smallest absolute Gasteiger partial charge is 0.164 e. The van der Waals surface area contributed by atoms with E-state index in [-0.39, 0.29) is 5.56 Å². The summed E-state index contributed by atoms with van der Waals surface area (Å²) < 4.78 is 27.4. The fourth-order valence-corrected chi connectivity index (χ4v) is 2.87. The summed E-state index contributed by atoms with van der Waals surface area (Å²) in [6.45, 7) is 5.50. The zero-order valence-electron chi connectivity index (χ0n) is 10.6. The molecule has 1 nitrogen and oxygen atoms in total. The van der Waals surface area contributed by atoms with Gasteiger partial charge < -0.3 is 5.73 Å². The van der Waals surface area contributed by atoms with Crippen LogP contribution in [0.4, 0.5) is 8.78 Å². The normalized spacial score (nSPS) is 12.8. The summed E-state index contributed by atoms with van der Waals surface area (Å²) in [5.74, 6) is -1.65. The van der Waals surface area contributed by atoms with Gasteiger partial charge in [0.2, 0.25) is 0 Å². The first-order valence-electron chi connectivity index (χ1n) is 5.68. The summed E-state index contributed by atoms with van der Waals surface area (Å²) in [4.78, 5) is 2.00. The summed E-state index contributed by atoms with van der Waals surface area (Å²) >= 11 is 1.52. The molecule has 0 amide bonds. The lowest BCUT2D eigenvalue weighted by molar-refractivity contribution is 0.490. The fourth-order valence-electron chi connectivity index (χ4n) is 1.81. The Balaban J connectivity index is 2.46. The molecule has 96 valence electrons. The van der Waals surface area contributed by atoms with Gasteiger partial charge in [0.05, 0.1) is 6.04 Å². The Morgan fingerprint density at radius 1 is 1.06 bits per heavy atom. The van der Waals surface area contributed by atoms with Gasteiger partial charge in [-0.15, -0.1) is 11.3 Å². The Morgan fingerprint density at radius 3 is 2.28 bits per heavy atom. The maximum Gasteiger partial charge on any atom is 0.164 e. The highest BCUT2D eigenvalue weighted by Crippen LogP contribution is 2.31. The molecule has 2 rings (SSSR count). The molecule has 0 saturated heterocycles. The van der Waals surface area contributed by atoms with Gasteiger partial charge >= 0.3 is 0 Å². The highest BCUT2D eigenvalue weighted by atomic mass is 32.1. The van der Waals surface area contributed by atoms with Crippen LogP contribution in [0.25, 0.3) is 0 Å². The molecule has 0 saturated carbocycles. The van der Waals surface area contributed by atoms with E-state index in [4.69, 9.17) is 5.73 Å². The molecule has 2 N–H and O–H groups in total. The van der Waals surface area contributed by atoms with Gasteiger partial charge in [-0.1, -0.05) is 12.1 Å². The largest absolute Gasteiger partial charge is 0.320 e.